The van der Waals surface area contributed by atoms with Crippen LogP contribution in [0.5, 0.6) is 0 Å². The first-order chi connectivity index (χ1) is 37.6. The average Bonchev–Trinajstić information content (AvgIpc) is 3.40. The molecule has 2 atom stereocenters. The Morgan fingerprint density at radius 1 is 0.390 bits per heavy atom. The molecule has 0 aliphatic carbocycles. The molecule has 452 valence electrons. The molecule has 0 aromatic rings. The zero-order chi connectivity index (χ0) is 56.2. The van der Waals surface area contributed by atoms with E-state index in [1.165, 1.54) is 231 Å². The molecule has 0 N–H and O–H groups in total. The summed E-state index contributed by atoms with van der Waals surface area (Å²) in [4.78, 5) is 37.3. The van der Waals surface area contributed by atoms with E-state index in [-0.39, 0.29) is 32.2 Å². The number of unbranched alkanes of at least 4 members (excludes halogenated alkanes) is 41. The van der Waals surface area contributed by atoms with Crippen LogP contribution in [0.2, 0.25) is 0 Å². The van der Waals surface area contributed by atoms with Crippen molar-refractivity contribution in [3.63, 3.8) is 0 Å². The molecule has 0 heterocycles. The number of carbonyl (C=O) groups excluding carboxylic acids is 3. The second-order valence-electron chi connectivity index (χ2n) is 23.8. The van der Waals surface area contributed by atoms with Crippen LogP contribution in [0.25, 0.3) is 0 Å². The number of carboxylic acids is 1. The average molecular weight is 1090 g/mol. The molecule has 9 heteroatoms. The summed E-state index contributed by atoms with van der Waals surface area (Å²) >= 11 is 0. The van der Waals surface area contributed by atoms with Gasteiger partial charge in [-0.15, -0.1) is 0 Å². The lowest BCUT2D eigenvalue weighted by molar-refractivity contribution is -0.870. The van der Waals surface area contributed by atoms with E-state index in [2.05, 4.69) is 50.3 Å². The Morgan fingerprint density at radius 3 is 1.06 bits per heavy atom. The number of nitrogens with zero attached hydrogens (tertiary/aromatic N) is 1. The maximum Gasteiger partial charge on any atom is 0.306 e. The van der Waals surface area contributed by atoms with Gasteiger partial charge in [-0.2, -0.15) is 0 Å². The Hall–Kier alpha value is -2.49. The molecule has 0 aromatic heterocycles. The summed E-state index contributed by atoms with van der Waals surface area (Å²) in [5, 5.41) is 11.8. The number of rotatable bonds is 62. The number of carbonyl (C=O) groups is 3. The van der Waals surface area contributed by atoms with Gasteiger partial charge in [0.05, 0.1) is 40.3 Å². The summed E-state index contributed by atoms with van der Waals surface area (Å²) < 4.78 is 22.7. The van der Waals surface area contributed by atoms with Gasteiger partial charge in [-0.3, -0.25) is 9.59 Å². The molecule has 0 radical (unpaired) electrons. The standard InChI is InChI=1S/C68H127NO8/c1-6-8-10-12-14-16-18-20-22-23-24-25-26-27-28-29-30-31-32-33-34-35-36-37-38-39-40-41-42-43-45-46-48-50-52-54-56-58-65(70)75-62-64(63-76-68(67(72)73)74-61-60-69(3,4)5)77-66(71)59-57-55-53-51-49-47-44-21-19-17-15-13-11-9-7-2/h15,17,21,23-24,44,64,68H,6-14,16,18-20,22,25-43,45-63H2,1-5H3/b17-15-,24-23-,44-21-. The van der Waals surface area contributed by atoms with E-state index in [0.717, 1.165) is 57.8 Å². The van der Waals surface area contributed by atoms with Crippen LogP contribution in [0.1, 0.15) is 322 Å². The monoisotopic (exact) mass is 1090 g/mol. The summed E-state index contributed by atoms with van der Waals surface area (Å²) in [6.45, 7) is 4.74. The first-order valence-electron chi connectivity index (χ1n) is 33.1. The molecule has 0 spiro atoms. The lowest BCUT2D eigenvalue weighted by Crippen LogP contribution is -2.44. The second-order valence-corrected chi connectivity index (χ2v) is 23.8. The van der Waals surface area contributed by atoms with Crippen LogP contribution < -0.4 is 5.11 Å². The van der Waals surface area contributed by atoms with Crippen molar-refractivity contribution in [2.24, 2.45) is 0 Å². The number of quaternary nitrogens is 1. The molecule has 0 bridgehead atoms. The maximum atomic E-state index is 12.8. The van der Waals surface area contributed by atoms with E-state index in [0.29, 0.717) is 23.9 Å². The molecule has 0 aromatic carbocycles. The fraction of sp³-hybridized carbons (Fsp3) is 0.868. The molecule has 2 unspecified atom stereocenters. The number of carboxylic acid groups (broad SMARTS) is 1. The van der Waals surface area contributed by atoms with E-state index in [1.54, 1.807) is 0 Å². The second kappa shape index (κ2) is 59.6. The van der Waals surface area contributed by atoms with E-state index in [9.17, 15) is 19.5 Å². The van der Waals surface area contributed by atoms with Gasteiger partial charge in [0, 0.05) is 12.8 Å². The highest BCUT2D eigenvalue weighted by molar-refractivity contribution is 5.70. The smallest absolute Gasteiger partial charge is 0.306 e. The van der Waals surface area contributed by atoms with Gasteiger partial charge < -0.3 is 33.3 Å². The van der Waals surface area contributed by atoms with Gasteiger partial charge in [0.15, 0.2) is 12.4 Å². The van der Waals surface area contributed by atoms with Gasteiger partial charge in [0.25, 0.3) is 0 Å². The number of allylic oxidation sites excluding steroid dienone is 6. The number of ether oxygens (including phenoxy) is 4. The molecule has 0 fully saturated rings. The summed E-state index contributed by atoms with van der Waals surface area (Å²) in [6.07, 6.45) is 71.0. The Labute approximate surface area is 477 Å². The molecule has 0 rings (SSSR count). The minimum atomic E-state index is -1.62. The molecule has 77 heavy (non-hydrogen) atoms. The molecular formula is C68H127NO8. The van der Waals surface area contributed by atoms with Gasteiger partial charge >= 0.3 is 11.9 Å². The Balaban J connectivity index is 3.95. The highest BCUT2D eigenvalue weighted by Crippen LogP contribution is 2.18. The number of hydrogen-bond donors (Lipinski definition) is 0. The SMILES string of the molecule is CCCCC/C=C\C/C=C\CCCCCCCC(=O)OC(COC(=O)CCCCCCCCCCCCCCCCCCCCCCCCCCC/C=C\CCCCCCCCCC)COC(OCC[N+](C)(C)C)C(=O)[O-]. The van der Waals surface area contributed by atoms with Crippen LogP contribution in [0.15, 0.2) is 36.5 Å². The van der Waals surface area contributed by atoms with Crippen molar-refractivity contribution in [3.8, 4) is 0 Å². The molecule has 0 saturated carbocycles. The van der Waals surface area contributed by atoms with Crippen LogP contribution in [0.4, 0.5) is 0 Å². The molecule has 0 aliphatic rings. The van der Waals surface area contributed by atoms with E-state index in [4.69, 9.17) is 18.9 Å². The maximum absolute atomic E-state index is 12.8. The van der Waals surface area contributed by atoms with E-state index < -0.39 is 24.3 Å². The van der Waals surface area contributed by atoms with Gasteiger partial charge in [-0.05, 0) is 70.6 Å². The van der Waals surface area contributed by atoms with Crippen LogP contribution >= 0.6 is 0 Å². The number of esters is 2. The zero-order valence-corrected chi connectivity index (χ0v) is 51.6. The third-order valence-electron chi connectivity index (χ3n) is 14.9. The van der Waals surface area contributed by atoms with Gasteiger partial charge in [0.2, 0.25) is 0 Å². The van der Waals surface area contributed by atoms with Crippen molar-refractivity contribution in [2.45, 2.75) is 334 Å². The Kier molecular flexibility index (Phi) is 57.7. The Morgan fingerprint density at radius 2 is 0.701 bits per heavy atom. The van der Waals surface area contributed by atoms with Crippen LogP contribution in [-0.4, -0.2) is 82.3 Å². The molecule has 0 amide bonds. The summed E-state index contributed by atoms with van der Waals surface area (Å²) in [6, 6.07) is 0. The highest BCUT2D eigenvalue weighted by atomic mass is 16.7. The minimum absolute atomic E-state index is 0.146. The largest absolute Gasteiger partial charge is 0.545 e. The first-order valence-corrected chi connectivity index (χ1v) is 33.1. The van der Waals surface area contributed by atoms with Crippen molar-refractivity contribution < 1.29 is 42.9 Å². The fourth-order valence-corrected chi connectivity index (χ4v) is 9.74. The lowest BCUT2D eigenvalue weighted by atomic mass is 10.0. The van der Waals surface area contributed by atoms with Crippen molar-refractivity contribution in [1.29, 1.82) is 0 Å². The summed E-state index contributed by atoms with van der Waals surface area (Å²) in [5.41, 5.74) is 0. The van der Waals surface area contributed by atoms with Gasteiger partial charge in [0.1, 0.15) is 13.2 Å². The number of aliphatic carboxylic acids is 1. The summed E-state index contributed by atoms with van der Waals surface area (Å²) in [7, 11) is 5.92. The van der Waals surface area contributed by atoms with Crippen molar-refractivity contribution >= 4 is 17.9 Å². The van der Waals surface area contributed by atoms with Crippen LogP contribution in [0, 0.1) is 0 Å². The fourth-order valence-electron chi connectivity index (χ4n) is 9.74. The number of likely N-dealkylation sites (N-methyl/N-ethyl adjacent to an activating group) is 1. The van der Waals surface area contributed by atoms with Crippen molar-refractivity contribution in [3.05, 3.63) is 36.5 Å². The zero-order valence-electron chi connectivity index (χ0n) is 51.6. The molecule has 0 aliphatic heterocycles. The Bertz CT molecular complexity index is 1360. The highest BCUT2D eigenvalue weighted by Gasteiger charge is 2.22. The predicted molar refractivity (Wildman–Crippen MR) is 325 cm³/mol. The normalized spacial score (nSPS) is 12.9. The van der Waals surface area contributed by atoms with Crippen LogP contribution in [-0.2, 0) is 33.3 Å². The lowest BCUT2D eigenvalue weighted by Gasteiger charge is -2.26. The number of hydrogen-bond acceptors (Lipinski definition) is 8. The van der Waals surface area contributed by atoms with Gasteiger partial charge in [-0.1, -0.05) is 275 Å². The molecule has 9 nitrogen and oxygen atoms in total. The van der Waals surface area contributed by atoms with E-state index >= 15 is 0 Å². The third-order valence-corrected chi connectivity index (χ3v) is 14.9. The third kappa shape index (κ3) is 61.0. The van der Waals surface area contributed by atoms with Crippen molar-refractivity contribution in [2.75, 3.05) is 47.5 Å². The predicted octanol–water partition coefficient (Wildman–Crippen LogP) is 18.7. The van der Waals surface area contributed by atoms with Crippen molar-refractivity contribution in [1.82, 2.24) is 0 Å². The first kappa shape index (κ1) is 74.5. The topological polar surface area (TPSA) is 111 Å². The van der Waals surface area contributed by atoms with E-state index in [1.807, 2.05) is 21.1 Å². The molecular weight excluding hydrogens is 959 g/mol. The summed E-state index contributed by atoms with van der Waals surface area (Å²) in [5.74, 6) is -2.28. The quantitative estimate of drug-likeness (QED) is 0.0195. The van der Waals surface area contributed by atoms with Gasteiger partial charge in [-0.25, -0.2) is 0 Å². The minimum Gasteiger partial charge on any atom is -0.545 e. The molecule has 0 saturated heterocycles. The van der Waals surface area contributed by atoms with Crippen LogP contribution in [0.3, 0.4) is 0 Å².